The molecule has 5 nitrogen and oxygen atoms in total. The maximum absolute atomic E-state index is 13.9. The average molecular weight is 314 g/mol. The first-order valence-electron chi connectivity index (χ1n) is 7.61. The van der Waals surface area contributed by atoms with E-state index in [1.54, 1.807) is 16.8 Å². The third-order valence-corrected chi connectivity index (χ3v) is 3.94. The zero-order valence-electron chi connectivity index (χ0n) is 13.1. The lowest BCUT2D eigenvalue weighted by molar-refractivity contribution is 0.514. The summed E-state index contributed by atoms with van der Waals surface area (Å²) in [7, 11) is 1.87. The van der Waals surface area contributed by atoms with E-state index < -0.39 is 5.82 Å². The first-order valence-corrected chi connectivity index (χ1v) is 7.61. The summed E-state index contributed by atoms with van der Waals surface area (Å²) in [6.45, 7) is 2.53. The summed E-state index contributed by atoms with van der Waals surface area (Å²) in [5.74, 6) is -0.416. The minimum atomic E-state index is -0.416. The standard InChI is InChI=1S/C17H19FN4O/c1-3-15(11-8-20-22(2)10-11)19-9-12-7-16(23)13-5-4-6-14(18)17(13)21-12/h4-8,10,15,19H,3,9H2,1-2H3,(H,21,23)/t15-/m1/s1. The van der Waals surface area contributed by atoms with Gasteiger partial charge in [0.25, 0.3) is 0 Å². The van der Waals surface area contributed by atoms with E-state index >= 15 is 0 Å². The highest BCUT2D eigenvalue weighted by molar-refractivity contribution is 5.78. The number of para-hydroxylation sites is 1. The van der Waals surface area contributed by atoms with Crippen LogP contribution in [0, 0.1) is 5.82 Å². The van der Waals surface area contributed by atoms with Crippen LogP contribution in [0.15, 0.2) is 41.5 Å². The fourth-order valence-corrected chi connectivity index (χ4v) is 2.74. The molecule has 2 N–H and O–H groups in total. The number of hydrogen-bond acceptors (Lipinski definition) is 3. The van der Waals surface area contributed by atoms with Crippen molar-refractivity contribution < 1.29 is 4.39 Å². The number of aromatic amines is 1. The Morgan fingerprint density at radius 2 is 2.26 bits per heavy atom. The molecule has 0 bridgehead atoms. The minimum absolute atomic E-state index is 0.128. The molecule has 0 unspecified atom stereocenters. The summed E-state index contributed by atoms with van der Waals surface area (Å²) in [6, 6.07) is 6.16. The average Bonchev–Trinajstić information content (AvgIpc) is 2.95. The fraction of sp³-hybridized carbons (Fsp3) is 0.294. The van der Waals surface area contributed by atoms with Crippen LogP contribution in [0.1, 0.15) is 30.6 Å². The second-order valence-corrected chi connectivity index (χ2v) is 5.61. The van der Waals surface area contributed by atoms with E-state index in [0.717, 1.165) is 12.0 Å². The Kier molecular flexibility index (Phi) is 4.25. The van der Waals surface area contributed by atoms with Crippen LogP contribution in [0.25, 0.3) is 10.9 Å². The molecule has 0 aliphatic carbocycles. The van der Waals surface area contributed by atoms with Gasteiger partial charge in [0.05, 0.1) is 11.7 Å². The molecule has 120 valence electrons. The van der Waals surface area contributed by atoms with E-state index in [9.17, 15) is 9.18 Å². The number of pyridine rings is 1. The van der Waals surface area contributed by atoms with Crippen molar-refractivity contribution >= 4 is 10.9 Å². The highest BCUT2D eigenvalue weighted by Crippen LogP contribution is 2.17. The molecule has 6 heteroatoms. The number of nitrogens with one attached hydrogen (secondary N) is 2. The van der Waals surface area contributed by atoms with Crippen LogP contribution in [0.5, 0.6) is 0 Å². The van der Waals surface area contributed by atoms with Crippen molar-refractivity contribution in [2.75, 3.05) is 0 Å². The number of halogens is 1. The number of aromatic nitrogens is 3. The van der Waals surface area contributed by atoms with Crippen molar-refractivity contribution in [2.24, 2.45) is 7.05 Å². The highest BCUT2D eigenvalue weighted by atomic mass is 19.1. The Balaban J connectivity index is 1.84. The SMILES string of the molecule is CC[C@@H](NCc1cc(=O)c2cccc(F)c2[nH]1)c1cnn(C)c1. The highest BCUT2D eigenvalue weighted by Gasteiger charge is 2.12. The number of H-pyrrole nitrogens is 1. The normalized spacial score (nSPS) is 12.7. The molecule has 2 heterocycles. The Hall–Kier alpha value is -2.47. The van der Waals surface area contributed by atoms with Crippen LogP contribution in [0.2, 0.25) is 0 Å². The lowest BCUT2D eigenvalue weighted by Crippen LogP contribution is -2.21. The molecule has 1 atom stereocenters. The summed E-state index contributed by atoms with van der Waals surface area (Å²) in [6.07, 6.45) is 4.67. The topological polar surface area (TPSA) is 62.7 Å². The zero-order valence-corrected chi connectivity index (χ0v) is 13.1. The quantitative estimate of drug-likeness (QED) is 0.761. The van der Waals surface area contributed by atoms with E-state index in [-0.39, 0.29) is 17.0 Å². The van der Waals surface area contributed by atoms with E-state index in [4.69, 9.17) is 0 Å². The Morgan fingerprint density at radius 3 is 2.96 bits per heavy atom. The van der Waals surface area contributed by atoms with E-state index in [1.165, 1.54) is 12.1 Å². The van der Waals surface area contributed by atoms with Gasteiger partial charge in [-0.25, -0.2) is 4.39 Å². The minimum Gasteiger partial charge on any atom is -0.355 e. The molecular formula is C17H19FN4O. The predicted octanol–water partition coefficient (Wildman–Crippen LogP) is 2.64. The van der Waals surface area contributed by atoms with Crippen molar-refractivity contribution in [1.82, 2.24) is 20.1 Å². The number of fused-ring (bicyclic) bond motifs is 1. The molecule has 0 aliphatic rings. The van der Waals surface area contributed by atoms with E-state index in [2.05, 4.69) is 22.3 Å². The van der Waals surface area contributed by atoms with Gasteiger partial charge in [0, 0.05) is 48.5 Å². The van der Waals surface area contributed by atoms with E-state index in [1.807, 2.05) is 19.4 Å². The van der Waals surface area contributed by atoms with Crippen molar-refractivity contribution in [3.8, 4) is 0 Å². The Labute approximate surface area is 133 Å². The largest absolute Gasteiger partial charge is 0.355 e. The molecule has 0 saturated carbocycles. The number of aryl methyl sites for hydroxylation is 1. The van der Waals surface area contributed by atoms with Crippen LogP contribution in [-0.4, -0.2) is 14.8 Å². The fourth-order valence-electron chi connectivity index (χ4n) is 2.74. The van der Waals surface area contributed by atoms with Gasteiger partial charge in [0.1, 0.15) is 5.82 Å². The van der Waals surface area contributed by atoms with E-state index in [0.29, 0.717) is 17.6 Å². The summed E-state index contributed by atoms with van der Waals surface area (Å²) in [4.78, 5) is 15.1. The smallest absolute Gasteiger partial charge is 0.189 e. The van der Waals surface area contributed by atoms with Crippen molar-refractivity contribution in [2.45, 2.75) is 25.9 Å². The summed E-state index contributed by atoms with van der Waals surface area (Å²) >= 11 is 0. The van der Waals surface area contributed by atoms with Gasteiger partial charge in [-0.1, -0.05) is 13.0 Å². The van der Waals surface area contributed by atoms with Crippen molar-refractivity contribution in [3.63, 3.8) is 0 Å². The molecule has 1 aromatic carbocycles. The number of nitrogens with zero attached hydrogens (tertiary/aromatic N) is 2. The maximum atomic E-state index is 13.9. The van der Waals surface area contributed by atoms with Gasteiger partial charge < -0.3 is 10.3 Å². The Morgan fingerprint density at radius 1 is 1.43 bits per heavy atom. The molecule has 0 radical (unpaired) electrons. The van der Waals surface area contributed by atoms with Gasteiger partial charge >= 0.3 is 0 Å². The first kappa shape index (κ1) is 15.4. The molecular weight excluding hydrogens is 295 g/mol. The predicted molar refractivity (Wildman–Crippen MR) is 87.6 cm³/mol. The summed E-state index contributed by atoms with van der Waals surface area (Å²) in [5, 5.41) is 7.93. The van der Waals surface area contributed by atoms with Crippen LogP contribution in [0.3, 0.4) is 0 Å². The van der Waals surface area contributed by atoms with Crippen LogP contribution < -0.4 is 10.7 Å². The van der Waals surface area contributed by atoms with Gasteiger partial charge in [0.2, 0.25) is 0 Å². The summed E-state index contributed by atoms with van der Waals surface area (Å²) in [5.41, 5.74) is 1.83. The molecule has 23 heavy (non-hydrogen) atoms. The van der Waals surface area contributed by atoms with Gasteiger partial charge in [-0.3, -0.25) is 9.48 Å². The molecule has 0 spiro atoms. The maximum Gasteiger partial charge on any atom is 0.189 e. The second kappa shape index (κ2) is 6.34. The van der Waals surface area contributed by atoms with Crippen LogP contribution >= 0.6 is 0 Å². The molecule has 0 saturated heterocycles. The first-order chi connectivity index (χ1) is 11.1. The Bertz CT molecular complexity index is 884. The lowest BCUT2D eigenvalue weighted by Gasteiger charge is -2.15. The van der Waals surface area contributed by atoms with Gasteiger partial charge in [-0.2, -0.15) is 5.10 Å². The number of hydrogen-bond donors (Lipinski definition) is 2. The molecule has 0 aliphatic heterocycles. The third-order valence-electron chi connectivity index (χ3n) is 3.94. The molecule has 3 rings (SSSR count). The van der Waals surface area contributed by atoms with Crippen LogP contribution in [0.4, 0.5) is 4.39 Å². The number of benzene rings is 1. The zero-order chi connectivity index (χ0) is 16.4. The number of rotatable bonds is 5. The van der Waals surface area contributed by atoms with Crippen molar-refractivity contribution in [1.29, 1.82) is 0 Å². The van der Waals surface area contributed by atoms with Gasteiger partial charge in [-0.05, 0) is 18.6 Å². The molecule has 3 aromatic rings. The van der Waals surface area contributed by atoms with Crippen LogP contribution in [-0.2, 0) is 13.6 Å². The third kappa shape index (κ3) is 3.17. The summed E-state index contributed by atoms with van der Waals surface area (Å²) < 4.78 is 15.6. The molecule has 0 fully saturated rings. The van der Waals surface area contributed by atoms with Crippen molar-refractivity contribution in [3.05, 3.63) is 64.0 Å². The van der Waals surface area contributed by atoms with Gasteiger partial charge in [-0.15, -0.1) is 0 Å². The monoisotopic (exact) mass is 314 g/mol. The van der Waals surface area contributed by atoms with Gasteiger partial charge in [0.15, 0.2) is 5.43 Å². The molecule has 2 aromatic heterocycles. The molecule has 0 amide bonds. The second-order valence-electron chi connectivity index (χ2n) is 5.61. The lowest BCUT2D eigenvalue weighted by atomic mass is 10.1.